The summed E-state index contributed by atoms with van der Waals surface area (Å²) in [6, 6.07) is 13.4. The van der Waals surface area contributed by atoms with E-state index in [0.29, 0.717) is 22.0 Å². The summed E-state index contributed by atoms with van der Waals surface area (Å²) in [6.45, 7) is 1.71. The van der Waals surface area contributed by atoms with Gasteiger partial charge in [-0.05, 0) is 37.3 Å². The van der Waals surface area contributed by atoms with Crippen LogP contribution in [0.1, 0.15) is 17.3 Å². The number of nitrogens with one attached hydrogen (secondary N) is 2. The highest BCUT2D eigenvalue weighted by Crippen LogP contribution is 2.20. The van der Waals surface area contributed by atoms with Crippen LogP contribution in [0, 0.1) is 12.3 Å². The monoisotopic (exact) mass is 356 g/mol. The molecule has 2 aromatic rings. The molecule has 0 heterocycles. The van der Waals surface area contributed by atoms with Crippen molar-refractivity contribution in [1.29, 1.82) is 0 Å². The summed E-state index contributed by atoms with van der Waals surface area (Å²) in [5.74, 6) is 2.06. The van der Waals surface area contributed by atoms with Crippen molar-refractivity contribution in [3.63, 3.8) is 0 Å². The van der Waals surface area contributed by atoms with Gasteiger partial charge in [0.2, 0.25) is 0 Å². The number of halogens is 1. The van der Waals surface area contributed by atoms with Crippen LogP contribution in [0.25, 0.3) is 0 Å². The predicted molar refractivity (Wildman–Crippen MR) is 97.8 cm³/mol. The van der Waals surface area contributed by atoms with E-state index < -0.39 is 12.0 Å². The number of amides is 2. The van der Waals surface area contributed by atoms with Crippen molar-refractivity contribution >= 4 is 29.1 Å². The van der Waals surface area contributed by atoms with E-state index in [4.69, 9.17) is 22.8 Å². The minimum Gasteiger partial charge on any atom is -0.481 e. The largest absolute Gasteiger partial charge is 0.481 e. The molecule has 5 nitrogen and oxygen atoms in total. The Morgan fingerprint density at radius 2 is 2.00 bits per heavy atom. The first-order chi connectivity index (χ1) is 12.0. The molecule has 0 saturated heterocycles. The summed E-state index contributed by atoms with van der Waals surface area (Å²) in [4.78, 5) is 24.5. The molecular formula is C19H17ClN2O3. The van der Waals surface area contributed by atoms with Gasteiger partial charge in [0.05, 0.1) is 17.8 Å². The Bertz CT molecular complexity index is 814. The Morgan fingerprint density at radius 1 is 1.24 bits per heavy atom. The zero-order valence-corrected chi connectivity index (χ0v) is 14.3. The Balaban J connectivity index is 2.07. The highest BCUT2D eigenvalue weighted by molar-refractivity contribution is 6.30. The number of hydrogen-bond donors (Lipinski definition) is 2. The van der Waals surface area contributed by atoms with E-state index in [2.05, 4.69) is 16.6 Å². The van der Waals surface area contributed by atoms with Gasteiger partial charge in [0.15, 0.2) is 6.10 Å². The average Bonchev–Trinajstić information content (AvgIpc) is 2.60. The third-order valence-electron chi connectivity index (χ3n) is 3.26. The molecule has 0 spiro atoms. The first-order valence-electron chi connectivity index (χ1n) is 7.55. The molecule has 2 N–H and O–H groups in total. The Hall–Kier alpha value is -2.97. The fourth-order valence-corrected chi connectivity index (χ4v) is 2.23. The second kappa shape index (κ2) is 8.76. The van der Waals surface area contributed by atoms with Crippen LogP contribution in [0.4, 0.5) is 5.69 Å². The second-order valence-electron chi connectivity index (χ2n) is 5.14. The molecule has 0 aromatic heterocycles. The third kappa shape index (κ3) is 5.27. The quantitative estimate of drug-likeness (QED) is 0.781. The van der Waals surface area contributed by atoms with Crippen molar-refractivity contribution < 1.29 is 14.3 Å². The average molecular weight is 357 g/mol. The molecular weight excluding hydrogens is 340 g/mol. The lowest BCUT2D eigenvalue weighted by atomic mass is 10.1. The highest BCUT2D eigenvalue weighted by Gasteiger charge is 2.18. The summed E-state index contributed by atoms with van der Waals surface area (Å²) in [5.41, 5.74) is 0.699. The third-order valence-corrected chi connectivity index (χ3v) is 3.49. The van der Waals surface area contributed by atoms with Crippen LogP contribution in [-0.4, -0.2) is 24.5 Å². The maximum Gasteiger partial charge on any atom is 0.265 e. The van der Waals surface area contributed by atoms with E-state index >= 15 is 0 Å². The Kier molecular flexibility index (Phi) is 6.44. The number of benzene rings is 2. The van der Waals surface area contributed by atoms with E-state index in [-0.39, 0.29) is 12.5 Å². The van der Waals surface area contributed by atoms with Gasteiger partial charge in [-0.3, -0.25) is 9.59 Å². The first kappa shape index (κ1) is 18.4. The van der Waals surface area contributed by atoms with Gasteiger partial charge in [-0.2, -0.15) is 0 Å². The second-order valence-corrected chi connectivity index (χ2v) is 5.58. The lowest BCUT2D eigenvalue weighted by Crippen LogP contribution is -2.31. The van der Waals surface area contributed by atoms with Crippen molar-refractivity contribution in [2.24, 2.45) is 0 Å². The molecule has 1 unspecified atom stereocenters. The number of carbonyl (C=O) groups is 2. The molecule has 0 radical (unpaired) electrons. The van der Waals surface area contributed by atoms with Gasteiger partial charge in [0.1, 0.15) is 5.75 Å². The van der Waals surface area contributed by atoms with Gasteiger partial charge >= 0.3 is 0 Å². The van der Waals surface area contributed by atoms with Crippen molar-refractivity contribution in [1.82, 2.24) is 5.32 Å². The van der Waals surface area contributed by atoms with E-state index in [9.17, 15) is 9.59 Å². The number of para-hydroxylation sites is 1. The number of ether oxygens (including phenoxy) is 1. The zero-order valence-electron chi connectivity index (χ0n) is 13.6. The maximum absolute atomic E-state index is 12.4. The molecule has 6 heteroatoms. The lowest BCUT2D eigenvalue weighted by molar-refractivity contribution is -0.122. The van der Waals surface area contributed by atoms with Gasteiger partial charge < -0.3 is 15.4 Å². The Morgan fingerprint density at radius 3 is 2.72 bits per heavy atom. The summed E-state index contributed by atoms with van der Waals surface area (Å²) in [6.07, 6.45) is 4.36. The maximum atomic E-state index is 12.4. The van der Waals surface area contributed by atoms with Gasteiger partial charge in [-0.25, -0.2) is 0 Å². The van der Waals surface area contributed by atoms with E-state index in [0.717, 1.165) is 0 Å². The van der Waals surface area contributed by atoms with Gasteiger partial charge in [-0.15, -0.1) is 6.42 Å². The summed E-state index contributed by atoms with van der Waals surface area (Å²) in [5, 5.41) is 5.77. The Labute approximate surface area is 151 Å². The number of hydrogen-bond acceptors (Lipinski definition) is 3. The van der Waals surface area contributed by atoms with E-state index in [1.54, 1.807) is 55.5 Å². The minimum absolute atomic E-state index is 0.107. The smallest absolute Gasteiger partial charge is 0.265 e. The molecule has 0 aliphatic carbocycles. The summed E-state index contributed by atoms with van der Waals surface area (Å²) in [7, 11) is 0. The summed E-state index contributed by atoms with van der Waals surface area (Å²) >= 11 is 5.90. The van der Waals surface area contributed by atoms with Gasteiger partial charge in [-0.1, -0.05) is 35.7 Å². The molecule has 2 rings (SSSR count). The fourth-order valence-electron chi connectivity index (χ4n) is 2.05. The molecule has 128 valence electrons. The number of rotatable bonds is 6. The van der Waals surface area contributed by atoms with Crippen LogP contribution >= 0.6 is 11.6 Å². The molecule has 0 saturated carbocycles. The standard InChI is InChI=1S/C19H17ClN2O3/c1-3-11-21-19(24)16-9-4-5-10-17(16)22-18(23)13(2)25-15-8-6-7-14(20)12-15/h1,4-10,12-13H,11H2,2H3,(H,21,24)(H,22,23). The SMILES string of the molecule is C#CCNC(=O)c1ccccc1NC(=O)C(C)Oc1cccc(Cl)c1. The van der Waals surface area contributed by atoms with Crippen LogP contribution in [0.2, 0.25) is 5.02 Å². The normalized spacial score (nSPS) is 11.1. The number of anilines is 1. The number of carbonyl (C=O) groups excluding carboxylic acids is 2. The van der Waals surface area contributed by atoms with Crippen LogP contribution in [-0.2, 0) is 4.79 Å². The van der Waals surface area contributed by atoms with E-state index in [1.807, 2.05) is 0 Å². The van der Waals surface area contributed by atoms with Crippen LogP contribution in [0.3, 0.4) is 0 Å². The number of terminal acetylenes is 1. The zero-order chi connectivity index (χ0) is 18.2. The first-order valence-corrected chi connectivity index (χ1v) is 7.93. The molecule has 1 atom stereocenters. The van der Waals surface area contributed by atoms with Gasteiger partial charge in [0, 0.05) is 5.02 Å². The molecule has 0 aliphatic heterocycles. The van der Waals surface area contributed by atoms with Crippen molar-refractivity contribution in [2.45, 2.75) is 13.0 Å². The van der Waals surface area contributed by atoms with Crippen molar-refractivity contribution in [2.75, 3.05) is 11.9 Å². The van der Waals surface area contributed by atoms with Crippen molar-refractivity contribution in [3.05, 3.63) is 59.1 Å². The predicted octanol–water partition coefficient (Wildman–Crippen LogP) is 3.11. The van der Waals surface area contributed by atoms with Gasteiger partial charge in [0.25, 0.3) is 11.8 Å². The topological polar surface area (TPSA) is 67.4 Å². The molecule has 25 heavy (non-hydrogen) atoms. The molecule has 2 amide bonds. The van der Waals surface area contributed by atoms with E-state index in [1.165, 1.54) is 0 Å². The fraction of sp³-hybridized carbons (Fsp3) is 0.158. The molecule has 0 aliphatic rings. The summed E-state index contributed by atoms with van der Waals surface area (Å²) < 4.78 is 5.57. The lowest BCUT2D eigenvalue weighted by Gasteiger charge is -2.16. The molecule has 2 aromatic carbocycles. The highest BCUT2D eigenvalue weighted by atomic mass is 35.5. The molecule has 0 bridgehead atoms. The van der Waals surface area contributed by atoms with Crippen LogP contribution < -0.4 is 15.4 Å². The minimum atomic E-state index is -0.778. The van der Waals surface area contributed by atoms with Crippen LogP contribution in [0.15, 0.2) is 48.5 Å². The van der Waals surface area contributed by atoms with Crippen LogP contribution in [0.5, 0.6) is 5.75 Å². The molecule has 0 fully saturated rings. The van der Waals surface area contributed by atoms with Crippen molar-refractivity contribution in [3.8, 4) is 18.1 Å².